The molecule has 0 aliphatic heterocycles. The fourth-order valence-corrected chi connectivity index (χ4v) is 2.25. The molecule has 0 aliphatic rings. The average molecular weight is 386 g/mol. The van der Waals surface area contributed by atoms with Crippen LogP contribution in [0.1, 0.15) is 21.3 Å². The van der Waals surface area contributed by atoms with Crippen LogP contribution in [0.2, 0.25) is 0 Å². The van der Waals surface area contributed by atoms with Gasteiger partial charge in [0.1, 0.15) is 0 Å². The zero-order valence-electron chi connectivity index (χ0n) is 10.1. The van der Waals surface area contributed by atoms with Crippen molar-refractivity contribution in [1.82, 2.24) is 5.32 Å². The second-order valence-electron chi connectivity index (χ2n) is 4.10. The Hall–Kier alpha value is -1.07. The Morgan fingerprint density at radius 2 is 1.74 bits per heavy atom. The van der Waals surface area contributed by atoms with E-state index in [9.17, 15) is 4.79 Å². The summed E-state index contributed by atoms with van der Waals surface area (Å²) in [4.78, 5) is 11.9. The van der Waals surface area contributed by atoms with Crippen molar-refractivity contribution >= 4 is 40.1 Å². The summed E-state index contributed by atoms with van der Waals surface area (Å²) in [5.41, 5.74) is 1.66. The predicted octanol–water partition coefficient (Wildman–Crippen LogP) is 4.00. The first-order valence-corrected chi connectivity index (χ1v) is 7.41. The van der Waals surface area contributed by atoms with Crippen molar-refractivity contribution < 1.29 is 4.79 Å². The lowest BCUT2D eigenvalue weighted by Crippen LogP contribution is -2.26. The van der Waals surface area contributed by atoms with E-state index in [0.717, 1.165) is 9.13 Å². The largest absolute Gasteiger partial charge is 0.350 e. The maximum Gasteiger partial charge on any atom is 0.251 e. The summed E-state index contributed by atoms with van der Waals surface area (Å²) in [5, 5.41) is 2.63. The summed E-state index contributed by atoms with van der Waals surface area (Å²) < 4.78 is 1.11. The van der Waals surface area contributed by atoms with Crippen molar-refractivity contribution in [2.45, 2.75) is 5.38 Å². The van der Waals surface area contributed by atoms with Crippen LogP contribution in [0.15, 0.2) is 54.6 Å². The highest BCUT2D eigenvalue weighted by Gasteiger charge is 2.10. The SMILES string of the molecule is O=C(NCC(Cl)c1ccccc1)c1ccc(I)cc1. The van der Waals surface area contributed by atoms with E-state index in [1.54, 1.807) is 0 Å². The molecular formula is C15H13ClINO. The van der Waals surface area contributed by atoms with E-state index in [1.165, 1.54) is 0 Å². The number of nitrogens with one attached hydrogen (secondary N) is 1. The minimum absolute atomic E-state index is 0.0991. The number of hydrogen-bond acceptors (Lipinski definition) is 1. The van der Waals surface area contributed by atoms with Gasteiger partial charge >= 0.3 is 0 Å². The van der Waals surface area contributed by atoms with Gasteiger partial charge in [-0.3, -0.25) is 4.79 Å². The lowest BCUT2D eigenvalue weighted by molar-refractivity contribution is 0.0953. The van der Waals surface area contributed by atoms with E-state index in [1.807, 2.05) is 54.6 Å². The van der Waals surface area contributed by atoms with Crippen molar-refractivity contribution in [3.63, 3.8) is 0 Å². The van der Waals surface area contributed by atoms with Gasteiger partial charge in [-0.2, -0.15) is 0 Å². The van der Waals surface area contributed by atoms with Gasteiger partial charge < -0.3 is 5.32 Å². The van der Waals surface area contributed by atoms with Crippen LogP contribution in [0.25, 0.3) is 0 Å². The third kappa shape index (κ3) is 4.21. The molecular weight excluding hydrogens is 373 g/mol. The summed E-state index contributed by atoms with van der Waals surface area (Å²) >= 11 is 8.45. The Bertz CT molecular complexity index is 542. The lowest BCUT2D eigenvalue weighted by Gasteiger charge is -2.11. The van der Waals surface area contributed by atoms with E-state index in [4.69, 9.17) is 11.6 Å². The molecule has 2 aromatic rings. The first-order valence-electron chi connectivity index (χ1n) is 5.89. The highest BCUT2D eigenvalue weighted by Crippen LogP contribution is 2.18. The fraction of sp³-hybridized carbons (Fsp3) is 0.133. The van der Waals surface area contributed by atoms with Crippen LogP contribution < -0.4 is 5.32 Å². The molecule has 2 aromatic carbocycles. The van der Waals surface area contributed by atoms with Crippen LogP contribution in [-0.2, 0) is 0 Å². The topological polar surface area (TPSA) is 29.1 Å². The highest BCUT2D eigenvalue weighted by atomic mass is 127. The van der Waals surface area contributed by atoms with Gasteiger partial charge in [-0.1, -0.05) is 30.3 Å². The van der Waals surface area contributed by atoms with Crippen LogP contribution in [0.5, 0.6) is 0 Å². The molecule has 98 valence electrons. The molecule has 1 amide bonds. The number of halogens is 2. The monoisotopic (exact) mass is 385 g/mol. The number of amides is 1. The van der Waals surface area contributed by atoms with E-state index in [2.05, 4.69) is 27.9 Å². The number of hydrogen-bond donors (Lipinski definition) is 1. The molecule has 1 unspecified atom stereocenters. The molecule has 1 atom stereocenters. The normalized spacial score (nSPS) is 11.9. The Labute approximate surface area is 131 Å². The highest BCUT2D eigenvalue weighted by molar-refractivity contribution is 14.1. The minimum atomic E-state index is -0.214. The van der Waals surface area contributed by atoms with Crippen LogP contribution in [-0.4, -0.2) is 12.5 Å². The minimum Gasteiger partial charge on any atom is -0.350 e. The fourth-order valence-electron chi connectivity index (χ4n) is 1.67. The van der Waals surface area contributed by atoms with Gasteiger partial charge in [0.25, 0.3) is 5.91 Å². The molecule has 0 bridgehead atoms. The zero-order chi connectivity index (χ0) is 13.7. The number of carbonyl (C=O) groups is 1. The van der Waals surface area contributed by atoms with E-state index in [0.29, 0.717) is 12.1 Å². The molecule has 0 aliphatic carbocycles. The molecule has 0 radical (unpaired) electrons. The second kappa shape index (κ2) is 6.91. The maximum atomic E-state index is 11.9. The van der Waals surface area contributed by atoms with Crippen molar-refractivity contribution in [1.29, 1.82) is 0 Å². The standard InChI is InChI=1S/C15H13ClINO/c16-14(11-4-2-1-3-5-11)10-18-15(19)12-6-8-13(17)9-7-12/h1-9,14H,10H2,(H,18,19). The van der Waals surface area contributed by atoms with Gasteiger partial charge in [-0.15, -0.1) is 11.6 Å². The Kier molecular flexibility index (Phi) is 5.22. The summed E-state index contributed by atoms with van der Waals surface area (Å²) in [5.74, 6) is -0.0991. The van der Waals surface area contributed by atoms with Crippen LogP contribution in [0.4, 0.5) is 0 Å². The van der Waals surface area contributed by atoms with Crippen molar-refractivity contribution in [2.24, 2.45) is 0 Å². The van der Waals surface area contributed by atoms with Crippen molar-refractivity contribution in [3.8, 4) is 0 Å². The third-order valence-corrected chi connectivity index (χ3v) is 3.83. The molecule has 0 heterocycles. The van der Waals surface area contributed by atoms with E-state index >= 15 is 0 Å². The number of benzene rings is 2. The summed E-state index contributed by atoms with van der Waals surface area (Å²) in [7, 11) is 0. The number of carbonyl (C=O) groups excluding carboxylic acids is 1. The molecule has 0 saturated carbocycles. The molecule has 19 heavy (non-hydrogen) atoms. The van der Waals surface area contributed by atoms with Gasteiger partial charge in [-0.25, -0.2) is 0 Å². The quantitative estimate of drug-likeness (QED) is 0.625. The van der Waals surface area contributed by atoms with Crippen LogP contribution in [0.3, 0.4) is 0 Å². The van der Waals surface area contributed by atoms with Crippen molar-refractivity contribution in [3.05, 3.63) is 69.3 Å². The lowest BCUT2D eigenvalue weighted by atomic mass is 10.1. The molecule has 0 spiro atoms. The molecule has 0 fully saturated rings. The molecule has 2 nitrogen and oxygen atoms in total. The smallest absolute Gasteiger partial charge is 0.251 e. The first kappa shape index (κ1) is 14.3. The van der Waals surface area contributed by atoms with E-state index < -0.39 is 0 Å². The molecule has 0 aromatic heterocycles. The molecule has 2 rings (SSSR count). The molecule has 1 N–H and O–H groups in total. The van der Waals surface area contributed by atoms with Crippen molar-refractivity contribution in [2.75, 3.05) is 6.54 Å². The second-order valence-corrected chi connectivity index (χ2v) is 5.87. The third-order valence-electron chi connectivity index (χ3n) is 2.71. The average Bonchev–Trinajstić information content (AvgIpc) is 2.46. The Morgan fingerprint density at radius 3 is 2.37 bits per heavy atom. The Morgan fingerprint density at radius 1 is 1.11 bits per heavy atom. The van der Waals surface area contributed by atoms with Gasteiger partial charge in [-0.05, 0) is 52.4 Å². The number of alkyl halides is 1. The van der Waals surface area contributed by atoms with Gasteiger partial charge in [0.15, 0.2) is 0 Å². The van der Waals surface area contributed by atoms with Gasteiger partial charge in [0, 0.05) is 15.7 Å². The number of rotatable bonds is 4. The first-order chi connectivity index (χ1) is 9.16. The van der Waals surface area contributed by atoms with Crippen LogP contribution in [0, 0.1) is 3.57 Å². The Balaban J connectivity index is 1.92. The molecule has 4 heteroatoms. The van der Waals surface area contributed by atoms with E-state index in [-0.39, 0.29) is 11.3 Å². The summed E-state index contributed by atoms with van der Waals surface area (Å²) in [6.45, 7) is 0.413. The zero-order valence-corrected chi connectivity index (χ0v) is 13.1. The van der Waals surface area contributed by atoms with Crippen LogP contribution >= 0.6 is 34.2 Å². The van der Waals surface area contributed by atoms with Gasteiger partial charge in [0.2, 0.25) is 0 Å². The van der Waals surface area contributed by atoms with Gasteiger partial charge in [0.05, 0.1) is 5.38 Å². The predicted molar refractivity (Wildman–Crippen MR) is 86.5 cm³/mol. The maximum absolute atomic E-state index is 11.9. The summed E-state index contributed by atoms with van der Waals surface area (Å²) in [6.07, 6.45) is 0. The molecule has 0 saturated heterocycles. The summed E-state index contributed by atoms with van der Waals surface area (Å²) in [6, 6.07) is 17.2.